The number of sulfone groups is 1. The molecule has 0 spiro atoms. The van der Waals surface area contributed by atoms with Crippen LogP contribution < -0.4 is 4.90 Å². The van der Waals surface area contributed by atoms with Crippen LogP contribution in [0.15, 0.2) is 52.3 Å². The predicted molar refractivity (Wildman–Crippen MR) is 97.5 cm³/mol. The third kappa shape index (κ3) is 3.00. The van der Waals surface area contributed by atoms with Gasteiger partial charge in [0.15, 0.2) is 0 Å². The molecular weight excluding hydrogens is 390 g/mol. The number of anilines is 1. The second-order valence-corrected chi connectivity index (χ2v) is 8.53. The van der Waals surface area contributed by atoms with E-state index in [0.29, 0.717) is 30.4 Å². The molecular formula is C18H18BrNO3S. The SMILES string of the molecule is Cc1ccc(S(=O)(=O)c2cccc3c2N(C(=O)CCBr)CC3)cc1. The number of hydrogen-bond donors (Lipinski definition) is 0. The van der Waals surface area contributed by atoms with Crippen LogP contribution in [-0.4, -0.2) is 26.2 Å². The molecule has 0 saturated heterocycles. The van der Waals surface area contributed by atoms with Crippen molar-refractivity contribution in [3.05, 3.63) is 53.6 Å². The summed E-state index contributed by atoms with van der Waals surface area (Å²) in [4.78, 5) is 14.4. The van der Waals surface area contributed by atoms with Gasteiger partial charge in [0.25, 0.3) is 0 Å². The molecule has 0 aromatic heterocycles. The Bertz CT molecular complexity index is 876. The summed E-state index contributed by atoms with van der Waals surface area (Å²) in [5.41, 5.74) is 2.46. The molecule has 0 bridgehead atoms. The quantitative estimate of drug-likeness (QED) is 0.728. The Morgan fingerprint density at radius 2 is 1.88 bits per heavy atom. The topological polar surface area (TPSA) is 54.5 Å². The van der Waals surface area contributed by atoms with E-state index in [1.807, 2.05) is 13.0 Å². The van der Waals surface area contributed by atoms with E-state index in [9.17, 15) is 13.2 Å². The average molecular weight is 408 g/mol. The van der Waals surface area contributed by atoms with Gasteiger partial charge in [0, 0.05) is 18.3 Å². The minimum Gasteiger partial charge on any atom is -0.310 e. The molecule has 2 aromatic rings. The van der Waals surface area contributed by atoms with Crippen molar-refractivity contribution in [1.29, 1.82) is 0 Å². The first kappa shape index (κ1) is 17.2. The van der Waals surface area contributed by atoms with Crippen LogP contribution in [0, 0.1) is 6.92 Å². The highest BCUT2D eigenvalue weighted by atomic mass is 79.9. The van der Waals surface area contributed by atoms with Gasteiger partial charge in [-0.3, -0.25) is 4.79 Å². The molecule has 1 heterocycles. The van der Waals surface area contributed by atoms with Gasteiger partial charge in [-0.05, 0) is 37.1 Å². The maximum atomic E-state index is 13.1. The molecule has 0 aliphatic carbocycles. The number of benzene rings is 2. The number of nitrogens with zero attached hydrogens (tertiary/aromatic N) is 1. The maximum absolute atomic E-state index is 13.1. The summed E-state index contributed by atoms with van der Waals surface area (Å²) in [6, 6.07) is 12.0. The van der Waals surface area contributed by atoms with Gasteiger partial charge in [-0.1, -0.05) is 45.8 Å². The lowest BCUT2D eigenvalue weighted by molar-refractivity contribution is -0.118. The Kier molecular flexibility index (Phi) is 4.78. The molecule has 0 atom stereocenters. The predicted octanol–water partition coefficient (Wildman–Crippen LogP) is 3.50. The van der Waals surface area contributed by atoms with Crippen molar-refractivity contribution in [2.75, 3.05) is 16.8 Å². The van der Waals surface area contributed by atoms with E-state index in [1.54, 1.807) is 41.3 Å². The van der Waals surface area contributed by atoms with Crippen LogP contribution >= 0.6 is 15.9 Å². The molecule has 0 fully saturated rings. The number of para-hydroxylation sites is 1. The van der Waals surface area contributed by atoms with Crippen LogP contribution in [-0.2, 0) is 21.1 Å². The Hall–Kier alpha value is -1.66. The largest absolute Gasteiger partial charge is 0.310 e. The molecule has 6 heteroatoms. The first-order chi connectivity index (χ1) is 11.4. The van der Waals surface area contributed by atoms with Crippen molar-refractivity contribution in [3.8, 4) is 0 Å². The molecule has 0 radical (unpaired) electrons. The minimum atomic E-state index is -3.67. The highest BCUT2D eigenvalue weighted by molar-refractivity contribution is 9.09. The Morgan fingerprint density at radius 1 is 1.17 bits per heavy atom. The van der Waals surface area contributed by atoms with Gasteiger partial charge in [0.1, 0.15) is 0 Å². The highest BCUT2D eigenvalue weighted by Gasteiger charge is 2.32. The maximum Gasteiger partial charge on any atom is 0.227 e. The molecule has 3 rings (SSSR count). The monoisotopic (exact) mass is 407 g/mol. The van der Waals surface area contributed by atoms with E-state index in [-0.39, 0.29) is 15.7 Å². The number of alkyl halides is 1. The van der Waals surface area contributed by atoms with E-state index in [2.05, 4.69) is 15.9 Å². The minimum absolute atomic E-state index is 0.0582. The van der Waals surface area contributed by atoms with Crippen LogP contribution in [0.4, 0.5) is 5.69 Å². The zero-order chi connectivity index (χ0) is 17.3. The molecule has 1 aliphatic heterocycles. The van der Waals surface area contributed by atoms with Crippen LogP contribution in [0.2, 0.25) is 0 Å². The Morgan fingerprint density at radius 3 is 2.54 bits per heavy atom. The lowest BCUT2D eigenvalue weighted by Crippen LogP contribution is -2.30. The van der Waals surface area contributed by atoms with Crippen LogP contribution in [0.3, 0.4) is 0 Å². The third-order valence-electron chi connectivity index (χ3n) is 4.19. The number of carbonyl (C=O) groups is 1. The third-order valence-corrected chi connectivity index (χ3v) is 6.39. The van der Waals surface area contributed by atoms with E-state index < -0.39 is 9.84 Å². The van der Waals surface area contributed by atoms with Crippen molar-refractivity contribution in [1.82, 2.24) is 0 Å². The van der Waals surface area contributed by atoms with Crippen molar-refractivity contribution >= 4 is 37.4 Å². The number of aryl methyl sites for hydroxylation is 1. The number of halogens is 1. The number of fused-ring (bicyclic) bond motifs is 1. The molecule has 1 aliphatic rings. The van der Waals surface area contributed by atoms with Crippen molar-refractivity contribution < 1.29 is 13.2 Å². The van der Waals surface area contributed by atoms with Gasteiger partial charge in [-0.2, -0.15) is 0 Å². The second kappa shape index (κ2) is 6.69. The number of carbonyl (C=O) groups excluding carboxylic acids is 1. The fraction of sp³-hybridized carbons (Fsp3) is 0.278. The molecule has 126 valence electrons. The van der Waals surface area contributed by atoms with E-state index in [4.69, 9.17) is 0 Å². The molecule has 0 saturated carbocycles. The van der Waals surface area contributed by atoms with Crippen LogP contribution in [0.5, 0.6) is 0 Å². The van der Waals surface area contributed by atoms with Crippen molar-refractivity contribution in [2.24, 2.45) is 0 Å². The number of rotatable bonds is 4. The fourth-order valence-electron chi connectivity index (χ4n) is 2.95. The summed E-state index contributed by atoms with van der Waals surface area (Å²) in [6.45, 7) is 2.44. The second-order valence-electron chi connectivity index (χ2n) is 5.81. The molecule has 2 aromatic carbocycles. The van der Waals surface area contributed by atoms with Gasteiger partial charge in [-0.15, -0.1) is 0 Å². The number of hydrogen-bond acceptors (Lipinski definition) is 3. The van der Waals surface area contributed by atoms with E-state index in [1.165, 1.54) is 0 Å². The van der Waals surface area contributed by atoms with Crippen molar-refractivity contribution in [2.45, 2.75) is 29.6 Å². The summed E-state index contributed by atoms with van der Waals surface area (Å²) in [6.07, 6.45) is 1.03. The van der Waals surface area contributed by atoms with Gasteiger partial charge >= 0.3 is 0 Å². The van der Waals surface area contributed by atoms with Gasteiger partial charge in [0.2, 0.25) is 15.7 Å². The molecule has 4 nitrogen and oxygen atoms in total. The van der Waals surface area contributed by atoms with Crippen molar-refractivity contribution in [3.63, 3.8) is 0 Å². The first-order valence-corrected chi connectivity index (χ1v) is 10.4. The molecule has 1 amide bonds. The summed E-state index contributed by atoms with van der Waals surface area (Å²) in [5, 5.41) is 0.560. The first-order valence-electron chi connectivity index (χ1n) is 7.75. The van der Waals surface area contributed by atoms with Gasteiger partial charge in [-0.25, -0.2) is 8.42 Å². The highest BCUT2D eigenvalue weighted by Crippen LogP contribution is 2.37. The summed E-state index contributed by atoms with van der Waals surface area (Å²) in [5.74, 6) is -0.0582. The van der Waals surface area contributed by atoms with Crippen LogP contribution in [0.25, 0.3) is 0 Å². The zero-order valence-corrected chi connectivity index (χ0v) is 15.7. The summed E-state index contributed by atoms with van der Waals surface area (Å²) < 4.78 is 26.2. The molecule has 0 unspecified atom stereocenters. The fourth-order valence-corrected chi connectivity index (χ4v) is 4.79. The summed E-state index contributed by atoms with van der Waals surface area (Å²) in [7, 11) is -3.67. The van der Waals surface area contributed by atoms with E-state index >= 15 is 0 Å². The summed E-state index contributed by atoms with van der Waals surface area (Å²) >= 11 is 3.27. The zero-order valence-electron chi connectivity index (χ0n) is 13.3. The average Bonchev–Trinajstić information content (AvgIpc) is 2.99. The van der Waals surface area contributed by atoms with Crippen LogP contribution in [0.1, 0.15) is 17.5 Å². The smallest absolute Gasteiger partial charge is 0.227 e. The number of amides is 1. The molecule has 24 heavy (non-hydrogen) atoms. The van der Waals surface area contributed by atoms with E-state index in [0.717, 1.165) is 11.1 Å². The lowest BCUT2D eigenvalue weighted by Gasteiger charge is -2.20. The van der Waals surface area contributed by atoms with Gasteiger partial charge in [0.05, 0.1) is 15.5 Å². The normalized spacial score (nSPS) is 13.8. The Balaban J connectivity index is 2.12. The standard InChI is InChI=1S/C18H18BrNO3S/c1-13-5-7-15(8-6-13)24(22,23)16-4-2-3-14-10-12-20(18(14)16)17(21)9-11-19/h2-8H,9-12H2,1H3. The van der Waals surface area contributed by atoms with Gasteiger partial charge < -0.3 is 4.90 Å². The molecule has 0 N–H and O–H groups in total. The Labute approximate surface area is 150 Å². The lowest BCUT2D eigenvalue weighted by atomic mass is 10.2.